The van der Waals surface area contributed by atoms with E-state index < -0.39 is 5.91 Å². The number of aromatic nitrogens is 2. The van der Waals surface area contributed by atoms with Crippen LogP contribution in [-0.4, -0.2) is 21.9 Å². The van der Waals surface area contributed by atoms with Crippen LogP contribution in [0.4, 0.5) is 0 Å². The van der Waals surface area contributed by atoms with Crippen molar-refractivity contribution >= 4 is 66.9 Å². The highest BCUT2D eigenvalue weighted by Crippen LogP contribution is 2.31. The number of halogens is 3. The molecule has 0 unspecified atom stereocenters. The van der Waals surface area contributed by atoms with E-state index in [1.165, 1.54) is 16.0 Å². The number of carbonyl (C=O) groups excluding carboxylic acids is 1. The molecule has 5 nitrogen and oxygen atoms in total. The van der Waals surface area contributed by atoms with E-state index in [0.29, 0.717) is 10.7 Å². The molecule has 0 fully saturated rings. The van der Waals surface area contributed by atoms with Crippen LogP contribution in [0.2, 0.25) is 5.02 Å². The molecule has 2 aromatic rings. The SMILES string of the molecule is Cc1nn(C)c(C(=O)N/N=C/c2cc(Br)c(Br)s2)c1Cl. The first kappa shape index (κ1) is 15.7. The van der Waals surface area contributed by atoms with E-state index in [1.807, 2.05) is 6.07 Å². The number of rotatable bonds is 3. The zero-order valence-electron chi connectivity index (χ0n) is 10.4. The van der Waals surface area contributed by atoms with Gasteiger partial charge >= 0.3 is 0 Å². The largest absolute Gasteiger partial charge is 0.291 e. The molecule has 0 aromatic carbocycles. The Kier molecular flexibility index (Phi) is 5.00. The lowest BCUT2D eigenvalue weighted by molar-refractivity contribution is 0.0946. The van der Waals surface area contributed by atoms with Crippen LogP contribution in [0, 0.1) is 6.92 Å². The van der Waals surface area contributed by atoms with Crippen LogP contribution < -0.4 is 5.43 Å². The Morgan fingerprint density at radius 3 is 2.80 bits per heavy atom. The van der Waals surface area contributed by atoms with Gasteiger partial charge in [-0.3, -0.25) is 9.48 Å². The normalized spacial score (nSPS) is 11.2. The van der Waals surface area contributed by atoms with Gasteiger partial charge in [0, 0.05) is 16.4 Å². The quantitative estimate of drug-likeness (QED) is 0.584. The minimum absolute atomic E-state index is 0.287. The summed E-state index contributed by atoms with van der Waals surface area (Å²) in [6.07, 6.45) is 1.56. The lowest BCUT2D eigenvalue weighted by Gasteiger charge is -2.00. The van der Waals surface area contributed by atoms with Gasteiger partial charge in [-0.15, -0.1) is 11.3 Å². The lowest BCUT2D eigenvalue weighted by Crippen LogP contribution is -2.21. The maximum Gasteiger partial charge on any atom is 0.291 e. The topological polar surface area (TPSA) is 59.3 Å². The van der Waals surface area contributed by atoms with Crippen LogP contribution >= 0.6 is 54.8 Å². The average molecular weight is 441 g/mol. The molecule has 2 aromatic heterocycles. The van der Waals surface area contributed by atoms with Crippen LogP contribution in [0.3, 0.4) is 0 Å². The first-order valence-electron chi connectivity index (χ1n) is 5.37. The van der Waals surface area contributed by atoms with Gasteiger partial charge in [-0.1, -0.05) is 11.6 Å². The van der Waals surface area contributed by atoms with Gasteiger partial charge in [-0.05, 0) is 44.8 Å². The van der Waals surface area contributed by atoms with Crippen LogP contribution in [-0.2, 0) is 7.05 Å². The second-order valence-corrected chi connectivity index (χ2v) is 7.48. The predicted molar refractivity (Wildman–Crippen MR) is 87.7 cm³/mol. The number of aryl methyl sites for hydroxylation is 2. The molecule has 1 N–H and O–H groups in total. The molecular formula is C11H9Br2ClN4OS. The number of hydrogen-bond acceptors (Lipinski definition) is 4. The monoisotopic (exact) mass is 438 g/mol. The molecule has 9 heteroatoms. The molecule has 0 saturated carbocycles. The summed E-state index contributed by atoms with van der Waals surface area (Å²) < 4.78 is 3.34. The Balaban J connectivity index is 2.09. The molecule has 106 valence electrons. The molecule has 0 radical (unpaired) electrons. The Labute approximate surface area is 141 Å². The highest BCUT2D eigenvalue weighted by atomic mass is 79.9. The van der Waals surface area contributed by atoms with Crippen LogP contribution in [0.5, 0.6) is 0 Å². The molecule has 2 rings (SSSR count). The maximum atomic E-state index is 12.0. The van der Waals surface area contributed by atoms with Crippen molar-refractivity contribution in [2.45, 2.75) is 6.92 Å². The zero-order valence-corrected chi connectivity index (χ0v) is 15.2. The van der Waals surface area contributed by atoms with Crippen molar-refractivity contribution in [1.82, 2.24) is 15.2 Å². The van der Waals surface area contributed by atoms with Gasteiger partial charge in [-0.25, -0.2) is 5.43 Å². The summed E-state index contributed by atoms with van der Waals surface area (Å²) >= 11 is 14.3. The Hall–Kier alpha value is -0.700. The van der Waals surface area contributed by atoms with Gasteiger partial charge in [0.25, 0.3) is 5.91 Å². The molecule has 0 bridgehead atoms. The third-order valence-electron chi connectivity index (χ3n) is 2.39. The number of nitrogens with zero attached hydrogens (tertiary/aromatic N) is 3. The summed E-state index contributed by atoms with van der Waals surface area (Å²) in [5.41, 5.74) is 3.33. The number of nitrogens with one attached hydrogen (secondary N) is 1. The first-order chi connectivity index (χ1) is 9.40. The molecule has 0 saturated heterocycles. The van der Waals surface area contributed by atoms with E-state index in [4.69, 9.17) is 11.6 Å². The van der Waals surface area contributed by atoms with Crippen molar-refractivity contribution in [3.63, 3.8) is 0 Å². The smallest absolute Gasteiger partial charge is 0.266 e. The number of thiophene rings is 1. The Morgan fingerprint density at radius 1 is 1.60 bits per heavy atom. The minimum Gasteiger partial charge on any atom is -0.266 e. The second kappa shape index (κ2) is 6.38. The van der Waals surface area contributed by atoms with Crippen LogP contribution in [0.1, 0.15) is 21.1 Å². The summed E-state index contributed by atoms with van der Waals surface area (Å²) in [5, 5.41) is 8.32. The summed E-state index contributed by atoms with van der Waals surface area (Å²) in [7, 11) is 1.66. The molecule has 2 heterocycles. The van der Waals surface area contributed by atoms with Crippen LogP contribution in [0.25, 0.3) is 0 Å². The van der Waals surface area contributed by atoms with Crippen molar-refractivity contribution in [2.24, 2.45) is 12.1 Å². The molecular weight excluding hydrogens is 431 g/mol. The van der Waals surface area contributed by atoms with E-state index in [0.717, 1.165) is 13.1 Å². The van der Waals surface area contributed by atoms with E-state index in [1.54, 1.807) is 20.2 Å². The molecule has 20 heavy (non-hydrogen) atoms. The summed E-state index contributed by atoms with van der Waals surface area (Å²) in [5.74, 6) is -0.399. The van der Waals surface area contributed by atoms with Crippen molar-refractivity contribution in [3.05, 3.63) is 35.6 Å². The maximum absolute atomic E-state index is 12.0. The van der Waals surface area contributed by atoms with Crippen molar-refractivity contribution < 1.29 is 4.79 Å². The number of hydrazone groups is 1. The van der Waals surface area contributed by atoms with Gasteiger partial charge < -0.3 is 0 Å². The van der Waals surface area contributed by atoms with Crippen molar-refractivity contribution in [2.75, 3.05) is 0 Å². The first-order valence-corrected chi connectivity index (χ1v) is 8.15. The number of amides is 1. The molecule has 1 amide bonds. The number of hydrogen-bond donors (Lipinski definition) is 1. The fourth-order valence-corrected chi connectivity index (χ4v) is 3.72. The van der Waals surface area contributed by atoms with Gasteiger partial charge in [0.1, 0.15) is 5.69 Å². The second-order valence-electron chi connectivity index (χ2n) is 3.84. The molecule has 0 aliphatic rings. The highest BCUT2D eigenvalue weighted by molar-refractivity contribution is 9.13. The lowest BCUT2D eigenvalue weighted by atomic mass is 10.3. The third kappa shape index (κ3) is 3.30. The Morgan fingerprint density at radius 2 is 2.30 bits per heavy atom. The average Bonchev–Trinajstić information content (AvgIpc) is 2.80. The summed E-state index contributed by atoms with van der Waals surface area (Å²) in [6.45, 7) is 1.74. The highest BCUT2D eigenvalue weighted by Gasteiger charge is 2.18. The summed E-state index contributed by atoms with van der Waals surface area (Å²) in [6, 6.07) is 1.89. The van der Waals surface area contributed by atoms with E-state index >= 15 is 0 Å². The van der Waals surface area contributed by atoms with Crippen LogP contribution in [0.15, 0.2) is 19.4 Å². The molecule has 0 aliphatic heterocycles. The summed E-state index contributed by atoms with van der Waals surface area (Å²) in [4.78, 5) is 12.9. The van der Waals surface area contributed by atoms with Crippen molar-refractivity contribution in [3.8, 4) is 0 Å². The molecule has 0 aliphatic carbocycles. The van der Waals surface area contributed by atoms with Crippen molar-refractivity contribution in [1.29, 1.82) is 0 Å². The minimum atomic E-state index is -0.399. The number of carbonyl (C=O) groups is 1. The standard InChI is InChI=1S/C11H9Br2ClN4OS/c1-5-8(14)9(18(2)17-5)11(19)16-15-4-6-3-7(12)10(13)20-6/h3-4H,1-2H3,(H,16,19)/b15-4+. The van der Waals surface area contributed by atoms with Gasteiger partial charge in [0.15, 0.2) is 0 Å². The van der Waals surface area contributed by atoms with E-state index in [-0.39, 0.29) is 5.69 Å². The van der Waals surface area contributed by atoms with Gasteiger partial charge in [0.05, 0.1) is 20.7 Å². The molecule has 0 spiro atoms. The zero-order chi connectivity index (χ0) is 14.9. The Bertz CT molecular complexity index is 675. The van der Waals surface area contributed by atoms with Gasteiger partial charge in [0.2, 0.25) is 0 Å². The van der Waals surface area contributed by atoms with E-state index in [9.17, 15) is 4.79 Å². The fourth-order valence-electron chi connectivity index (χ4n) is 1.51. The predicted octanol–water partition coefficient (Wildman–Crippen LogP) is 3.73. The fraction of sp³-hybridized carbons (Fsp3) is 0.182. The third-order valence-corrected chi connectivity index (χ3v) is 6.03. The molecule has 0 atom stereocenters. The van der Waals surface area contributed by atoms with Gasteiger partial charge in [-0.2, -0.15) is 10.2 Å². The van der Waals surface area contributed by atoms with E-state index in [2.05, 4.69) is 47.5 Å².